The van der Waals surface area contributed by atoms with Gasteiger partial charge in [-0.1, -0.05) is 0 Å². The lowest BCUT2D eigenvalue weighted by atomic mass is 10.3. The highest BCUT2D eigenvalue weighted by Gasteiger charge is 2.08. The second kappa shape index (κ2) is 4.92. The molecule has 0 fully saturated rings. The molecule has 0 unspecified atom stereocenters. The van der Waals surface area contributed by atoms with Gasteiger partial charge in [-0.15, -0.1) is 0 Å². The van der Waals surface area contributed by atoms with Crippen molar-refractivity contribution in [2.24, 2.45) is 5.73 Å². The van der Waals surface area contributed by atoms with Gasteiger partial charge in [-0.3, -0.25) is 0 Å². The smallest absolute Gasteiger partial charge is 0.161 e. The van der Waals surface area contributed by atoms with Gasteiger partial charge in [0.2, 0.25) is 0 Å². The molecule has 90 valence electrons. The molecule has 6 nitrogen and oxygen atoms in total. The molecule has 0 aliphatic heterocycles. The highest BCUT2D eigenvalue weighted by atomic mass is 16.5. The number of aromatic nitrogens is 4. The summed E-state index contributed by atoms with van der Waals surface area (Å²) in [7, 11) is 0. The second-order valence-corrected chi connectivity index (χ2v) is 3.86. The molecule has 0 aliphatic rings. The molecule has 0 saturated carbocycles. The first-order valence-corrected chi connectivity index (χ1v) is 5.41. The van der Waals surface area contributed by atoms with E-state index in [-0.39, 0.29) is 6.10 Å². The molecule has 2 heterocycles. The van der Waals surface area contributed by atoms with Crippen LogP contribution in [-0.4, -0.2) is 25.9 Å². The predicted octanol–water partition coefficient (Wildman–Crippen LogP) is 0.908. The van der Waals surface area contributed by atoms with Gasteiger partial charge in [0.15, 0.2) is 11.6 Å². The van der Waals surface area contributed by atoms with Crippen LogP contribution in [0.3, 0.4) is 0 Å². The van der Waals surface area contributed by atoms with E-state index in [0.717, 1.165) is 5.56 Å². The van der Waals surface area contributed by atoms with E-state index in [1.165, 1.54) is 6.33 Å². The predicted molar refractivity (Wildman–Crippen MR) is 62.8 cm³/mol. The Kier molecular flexibility index (Phi) is 3.34. The molecule has 0 spiro atoms. The van der Waals surface area contributed by atoms with Crippen molar-refractivity contribution in [3.05, 3.63) is 30.5 Å². The lowest BCUT2D eigenvalue weighted by molar-refractivity contribution is 0.242. The van der Waals surface area contributed by atoms with Crippen LogP contribution in [0.2, 0.25) is 0 Å². The maximum absolute atomic E-state index is 5.62. The van der Waals surface area contributed by atoms with Crippen LogP contribution in [0.4, 0.5) is 0 Å². The lowest BCUT2D eigenvalue weighted by Gasteiger charge is -2.06. The molecule has 2 N–H and O–H groups in total. The Morgan fingerprint density at radius 2 is 2.24 bits per heavy atom. The summed E-state index contributed by atoms with van der Waals surface area (Å²) in [5.74, 6) is 1.39. The van der Waals surface area contributed by atoms with Crippen molar-refractivity contribution in [1.29, 1.82) is 0 Å². The average molecular weight is 233 g/mol. The Balaban J connectivity index is 2.30. The number of nitrogens with zero attached hydrogens (tertiary/aromatic N) is 4. The fourth-order valence-electron chi connectivity index (χ4n) is 1.46. The summed E-state index contributed by atoms with van der Waals surface area (Å²) in [5, 5.41) is 4.19. The number of ether oxygens (including phenoxy) is 1. The van der Waals surface area contributed by atoms with Gasteiger partial charge in [0.1, 0.15) is 6.33 Å². The summed E-state index contributed by atoms with van der Waals surface area (Å²) in [4.78, 5) is 8.10. The summed E-state index contributed by atoms with van der Waals surface area (Å²) < 4.78 is 7.17. The Bertz CT molecular complexity index is 494. The van der Waals surface area contributed by atoms with E-state index in [4.69, 9.17) is 10.5 Å². The van der Waals surface area contributed by atoms with E-state index >= 15 is 0 Å². The normalized spacial score (nSPS) is 10.8. The first-order chi connectivity index (χ1) is 8.20. The van der Waals surface area contributed by atoms with Crippen molar-refractivity contribution in [3.8, 4) is 11.6 Å². The Morgan fingerprint density at radius 3 is 2.94 bits per heavy atom. The van der Waals surface area contributed by atoms with Gasteiger partial charge in [0, 0.05) is 18.3 Å². The SMILES string of the molecule is CC(C)Oc1cnn(-c2ncncc2CN)c1. The van der Waals surface area contributed by atoms with E-state index < -0.39 is 0 Å². The zero-order chi connectivity index (χ0) is 12.3. The quantitative estimate of drug-likeness (QED) is 0.849. The number of hydrogen-bond donors (Lipinski definition) is 1. The molecule has 2 aromatic rings. The van der Waals surface area contributed by atoms with Gasteiger partial charge in [0.25, 0.3) is 0 Å². The van der Waals surface area contributed by atoms with Crippen LogP contribution in [0.15, 0.2) is 24.9 Å². The van der Waals surface area contributed by atoms with Crippen LogP contribution in [0.1, 0.15) is 19.4 Å². The maximum Gasteiger partial charge on any atom is 0.161 e. The zero-order valence-electron chi connectivity index (χ0n) is 9.87. The standard InChI is InChI=1S/C11H15N5O/c1-8(2)17-10-5-15-16(6-10)11-9(3-12)4-13-7-14-11/h4-8H,3,12H2,1-2H3. The first-order valence-electron chi connectivity index (χ1n) is 5.41. The minimum atomic E-state index is 0.118. The molecular formula is C11H15N5O. The third-order valence-corrected chi connectivity index (χ3v) is 2.13. The molecule has 17 heavy (non-hydrogen) atoms. The first kappa shape index (κ1) is 11.5. The van der Waals surface area contributed by atoms with Gasteiger partial charge in [-0.25, -0.2) is 14.6 Å². The Labute approximate surface area is 99.4 Å². The van der Waals surface area contributed by atoms with Crippen LogP contribution < -0.4 is 10.5 Å². The van der Waals surface area contributed by atoms with Crippen LogP contribution in [0.5, 0.6) is 5.75 Å². The molecule has 0 atom stereocenters. The van der Waals surface area contributed by atoms with Crippen molar-refractivity contribution < 1.29 is 4.74 Å². The number of rotatable bonds is 4. The van der Waals surface area contributed by atoms with Gasteiger partial charge < -0.3 is 10.5 Å². The molecule has 0 aromatic carbocycles. The van der Waals surface area contributed by atoms with E-state index in [2.05, 4.69) is 15.1 Å². The molecule has 0 radical (unpaired) electrons. The molecule has 0 saturated heterocycles. The Morgan fingerprint density at radius 1 is 1.41 bits per heavy atom. The van der Waals surface area contributed by atoms with Crippen molar-refractivity contribution >= 4 is 0 Å². The average Bonchev–Trinajstić information content (AvgIpc) is 2.76. The van der Waals surface area contributed by atoms with Crippen molar-refractivity contribution in [1.82, 2.24) is 19.7 Å². The van der Waals surface area contributed by atoms with Crippen molar-refractivity contribution in [2.75, 3.05) is 0 Å². The minimum absolute atomic E-state index is 0.118. The largest absolute Gasteiger partial charge is 0.488 e. The highest BCUT2D eigenvalue weighted by Crippen LogP contribution is 2.15. The Hall–Kier alpha value is -1.95. The molecule has 0 amide bonds. The molecule has 6 heteroatoms. The summed E-state index contributed by atoms with van der Waals surface area (Å²) in [5.41, 5.74) is 6.46. The van der Waals surface area contributed by atoms with Crippen molar-refractivity contribution in [2.45, 2.75) is 26.5 Å². The van der Waals surface area contributed by atoms with Gasteiger partial charge in [-0.05, 0) is 13.8 Å². The van der Waals surface area contributed by atoms with E-state index in [9.17, 15) is 0 Å². The third kappa shape index (κ3) is 2.59. The molecule has 0 aliphatic carbocycles. The van der Waals surface area contributed by atoms with Crippen molar-refractivity contribution in [3.63, 3.8) is 0 Å². The summed E-state index contributed by atoms with van der Waals surface area (Å²) >= 11 is 0. The highest BCUT2D eigenvalue weighted by molar-refractivity contribution is 5.32. The van der Waals surface area contributed by atoms with Crippen LogP contribution in [-0.2, 0) is 6.54 Å². The van der Waals surface area contributed by atoms with Gasteiger partial charge in [0.05, 0.1) is 18.5 Å². The van der Waals surface area contributed by atoms with Crippen LogP contribution in [0, 0.1) is 0 Å². The van der Waals surface area contributed by atoms with E-state index in [0.29, 0.717) is 18.1 Å². The fraction of sp³-hybridized carbons (Fsp3) is 0.364. The second-order valence-electron chi connectivity index (χ2n) is 3.86. The zero-order valence-corrected chi connectivity index (χ0v) is 9.87. The summed E-state index contributed by atoms with van der Waals surface area (Å²) in [6, 6.07) is 0. The summed E-state index contributed by atoms with van der Waals surface area (Å²) in [6.45, 7) is 4.30. The molecule has 2 rings (SSSR count). The topological polar surface area (TPSA) is 78.8 Å². The van der Waals surface area contributed by atoms with Crippen LogP contribution >= 0.6 is 0 Å². The fourth-order valence-corrected chi connectivity index (χ4v) is 1.46. The van der Waals surface area contributed by atoms with E-state index in [1.807, 2.05) is 13.8 Å². The molecule has 0 bridgehead atoms. The minimum Gasteiger partial charge on any atom is -0.488 e. The monoisotopic (exact) mass is 233 g/mol. The van der Waals surface area contributed by atoms with Gasteiger partial charge in [-0.2, -0.15) is 5.10 Å². The maximum atomic E-state index is 5.62. The lowest BCUT2D eigenvalue weighted by Crippen LogP contribution is -2.08. The van der Waals surface area contributed by atoms with Crippen LogP contribution in [0.25, 0.3) is 5.82 Å². The summed E-state index contributed by atoms with van der Waals surface area (Å²) in [6.07, 6.45) is 6.71. The number of nitrogens with two attached hydrogens (primary N) is 1. The van der Waals surface area contributed by atoms with Gasteiger partial charge >= 0.3 is 0 Å². The molecular weight excluding hydrogens is 218 g/mol. The molecule has 2 aromatic heterocycles. The van der Waals surface area contributed by atoms with E-state index in [1.54, 1.807) is 23.3 Å². The third-order valence-electron chi connectivity index (χ3n) is 2.13. The number of hydrogen-bond acceptors (Lipinski definition) is 5.